The van der Waals surface area contributed by atoms with Crippen LogP contribution in [0.1, 0.15) is 0 Å². The van der Waals surface area contributed by atoms with Crippen molar-refractivity contribution in [2.75, 3.05) is 24.6 Å². The molecule has 0 aliphatic carbocycles. The Balaban J connectivity index is 2.04. The van der Waals surface area contributed by atoms with E-state index in [1.54, 1.807) is 18.2 Å². The lowest BCUT2D eigenvalue weighted by molar-refractivity contribution is 0.129. The van der Waals surface area contributed by atoms with E-state index in [0.29, 0.717) is 0 Å². The smallest absolute Gasteiger partial charge is 0.243 e. The fraction of sp³-hybridized carbons (Fsp3) is 0.375. The minimum Gasteiger partial charge on any atom is -0.390 e. The van der Waals surface area contributed by atoms with E-state index in [4.69, 9.17) is 5.73 Å². The maximum absolute atomic E-state index is 13.1. The maximum atomic E-state index is 13.1. The summed E-state index contributed by atoms with van der Waals surface area (Å²) in [6, 6.07) is 11.0. The minimum absolute atomic E-state index is 0.0239. The molecule has 7 nitrogen and oxygen atoms in total. The number of aliphatic hydroxyl groups excluding tert-OH is 1. The molecule has 1 aliphatic rings. The Bertz CT molecular complexity index is 989. The van der Waals surface area contributed by atoms with E-state index >= 15 is 0 Å². The summed E-state index contributed by atoms with van der Waals surface area (Å²) in [4.78, 5) is 0.0520. The standard InChI is InChI=1S/C16H20N2O5S2/c17-7-8-18(15-10-24(20,21)11-16(15)19)25(22,23)14-6-5-12-3-1-2-4-13(12)9-14/h1-6,9,15-16,19H,7-8,10-11,17H2/t15-,16+/m0/s1. The SMILES string of the molecule is NCCN([C@H]1CS(=O)(=O)C[C@H]1O)S(=O)(=O)c1ccc2ccccc2c1. The molecule has 9 heteroatoms. The van der Waals surface area contributed by atoms with Crippen molar-refractivity contribution in [1.82, 2.24) is 4.31 Å². The normalized spacial score (nSPS) is 23.3. The lowest BCUT2D eigenvalue weighted by Gasteiger charge is -2.29. The first kappa shape index (κ1) is 18.3. The molecular weight excluding hydrogens is 364 g/mol. The van der Waals surface area contributed by atoms with E-state index in [9.17, 15) is 21.9 Å². The topological polar surface area (TPSA) is 118 Å². The number of sulfone groups is 1. The van der Waals surface area contributed by atoms with Crippen LogP contribution < -0.4 is 5.73 Å². The highest BCUT2D eigenvalue weighted by Gasteiger charge is 2.44. The van der Waals surface area contributed by atoms with E-state index in [1.807, 2.05) is 18.2 Å². The third-order valence-corrected chi connectivity index (χ3v) is 7.96. The van der Waals surface area contributed by atoms with Crippen LogP contribution in [0.3, 0.4) is 0 Å². The third-order valence-electron chi connectivity index (χ3n) is 4.34. The highest BCUT2D eigenvalue weighted by Crippen LogP contribution is 2.27. The number of hydrogen-bond acceptors (Lipinski definition) is 6. The van der Waals surface area contributed by atoms with Gasteiger partial charge in [0.25, 0.3) is 0 Å². The summed E-state index contributed by atoms with van der Waals surface area (Å²) in [5.74, 6) is -0.840. The molecule has 3 N–H and O–H groups in total. The van der Waals surface area contributed by atoms with Crippen LogP contribution in [0.15, 0.2) is 47.4 Å². The molecule has 3 rings (SSSR count). The molecule has 0 amide bonds. The predicted octanol–water partition coefficient (Wildman–Crippen LogP) is -0.0529. The molecule has 1 saturated heterocycles. The molecule has 2 atom stereocenters. The van der Waals surface area contributed by atoms with Gasteiger partial charge in [0.1, 0.15) is 0 Å². The molecule has 1 aliphatic heterocycles. The molecule has 0 saturated carbocycles. The average molecular weight is 384 g/mol. The number of rotatable bonds is 5. The Hall–Kier alpha value is -1.52. The number of sulfonamides is 1. The van der Waals surface area contributed by atoms with Crippen molar-refractivity contribution in [3.63, 3.8) is 0 Å². The number of hydrogen-bond donors (Lipinski definition) is 2. The largest absolute Gasteiger partial charge is 0.390 e. The van der Waals surface area contributed by atoms with Crippen molar-refractivity contribution in [3.05, 3.63) is 42.5 Å². The van der Waals surface area contributed by atoms with Crippen molar-refractivity contribution in [3.8, 4) is 0 Å². The molecule has 25 heavy (non-hydrogen) atoms. The van der Waals surface area contributed by atoms with Crippen LogP contribution in [0.25, 0.3) is 10.8 Å². The second kappa shape index (κ2) is 6.65. The average Bonchev–Trinajstić information content (AvgIpc) is 2.84. The van der Waals surface area contributed by atoms with Crippen molar-refractivity contribution in [1.29, 1.82) is 0 Å². The number of fused-ring (bicyclic) bond motifs is 1. The van der Waals surface area contributed by atoms with Crippen LogP contribution in [-0.2, 0) is 19.9 Å². The molecule has 0 radical (unpaired) electrons. The van der Waals surface area contributed by atoms with Gasteiger partial charge in [-0.15, -0.1) is 0 Å². The van der Waals surface area contributed by atoms with Crippen LogP contribution in [-0.4, -0.2) is 63.0 Å². The minimum atomic E-state index is -3.99. The Morgan fingerprint density at radius 2 is 1.80 bits per heavy atom. The highest BCUT2D eigenvalue weighted by atomic mass is 32.2. The Morgan fingerprint density at radius 1 is 1.12 bits per heavy atom. The number of nitrogens with two attached hydrogens (primary N) is 1. The number of aliphatic hydroxyl groups is 1. The first-order chi connectivity index (χ1) is 11.7. The molecule has 0 bridgehead atoms. The van der Waals surface area contributed by atoms with Crippen molar-refractivity contribution in [2.45, 2.75) is 17.0 Å². The summed E-state index contributed by atoms with van der Waals surface area (Å²) >= 11 is 0. The molecule has 0 spiro atoms. The van der Waals surface area contributed by atoms with E-state index in [-0.39, 0.29) is 18.0 Å². The molecule has 1 heterocycles. The van der Waals surface area contributed by atoms with Crippen LogP contribution in [0.4, 0.5) is 0 Å². The van der Waals surface area contributed by atoms with Gasteiger partial charge in [0.15, 0.2) is 9.84 Å². The zero-order valence-electron chi connectivity index (χ0n) is 13.4. The summed E-state index contributed by atoms with van der Waals surface area (Å²) in [5.41, 5.74) is 5.54. The second-order valence-corrected chi connectivity index (χ2v) is 10.2. The molecule has 2 aromatic carbocycles. The summed E-state index contributed by atoms with van der Waals surface area (Å²) in [7, 11) is -7.47. The highest BCUT2D eigenvalue weighted by molar-refractivity contribution is 7.92. The fourth-order valence-electron chi connectivity index (χ4n) is 3.14. The van der Waals surface area contributed by atoms with Crippen LogP contribution >= 0.6 is 0 Å². The summed E-state index contributed by atoms with van der Waals surface area (Å²) in [6.07, 6.45) is -1.26. The summed E-state index contributed by atoms with van der Waals surface area (Å²) in [6.45, 7) is -0.0392. The zero-order valence-corrected chi connectivity index (χ0v) is 15.1. The lowest BCUT2D eigenvalue weighted by Crippen LogP contribution is -2.48. The fourth-order valence-corrected chi connectivity index (χ4v) is 6.74. The first-order valence-electron chi connectivity index (χ1n) is 7.84. The van der Waals surface area contributed by atoms with E-state index < -0.39 is 43.5 Å². The Morgan fingerprint density at radius 3 is 2.40 bits per heavy atom. The van der Waals surface area contributed by atoms with Crippen LogP contribution in [0.5, 0.6) is 0 Å². The second-order valence-electron chi connectivity index (χ2n) is 6.12. The van der Waals surface area contributed by atoms with Gasteiger partial charge in [-0.1, -0.05) is 30.3 Å². The number of nitrogens with zero attached hydrogens (tertiary/aromatic N) is 1. The van der Waals surface area contributed by atoms with Gasteiger partial charge < -0.3 is 10.8 Å². The van der Waals surface area contributed by atoms with E-state index in [1.165, 1.54) is 6.07 Å². The molecule has 1 fully saturated rings. The van der Waals surface area contributed by atoms with Crippen LogP contribution in [0, 0.1) is 0 Å². The van der Waals surface area contributed by atoms with Crippen LogP contribution in [0.2, 0.25) is 0 Å². The molecule has 0 unspecified atom stereocenters. The van der Waals surface area contributed by atoms with Gasteiger partial charge >= 0.3 is 0 Å². The van der Waals surface area contributed by atoms with Gasteiger partial charge in [0, 0.05) is 13.1 Å². The van der Waals surface area contributed by atoms with Gasteiger partial charge in [-0.25, -0.2) is 16.8 Å². The Kier molecular flexibility index (Phi) is 4.86. The Labute approximate surface area is 147 Å². The lowest BCUT2D eigenvalue weighted by atomic mass is 10.1. The molecule has 136 valence electrons. The third kappa shape index (κ3) is 3.56. The van der Waals surface area contributed by atoms with Gasteiger partial charge in [0.05, 0.1) is 28.5 Å². The maximum Gasteiger partial charge on any atom is 0.243 e. The molecular formula is C16H20N2O5S2. The monoisotopic (exact) mass is 384 g/mol. The van der Waals surface area contributed by atoms with Gasteiger partial charge in [0.2, 0.25) is 10.0 Å². The van der Waals surface area contributed by atoms with Crippen molar-refractivity contribution in [2.24, 2.45) is 5.73 Å². The van der Waals surface area contributed by atoms with E-state index in [0.717, 1.165) is 15.1 Å². The van der Waals surface area contributed by atoms with Crippen molar-refractivity contribution < 1.29 is 21.9 Å². The van der Waals surface area contributed by atoms with Gasteiger partial charge in [-0.2, -0.15) is 4.31 Å². The molecule has 0 aromatic heterocycles. The van der Waals surface area contributed by atoms with E-state index in [2.05, 4.69) is 0 Å². The van der Waals surface area contributed by atoms with Gasteiger partial charge in [-0.05, 0) is 22.9 Å². The zero-order chi connectivity index (χ0) is 18.2. The molecule has 2 aromatic rings. The van der Waals surface area contributed by atoms with Gasteiger partial charge in [-0.3, -0.25) is 0 Å². The predicted molar refractivity (Wildman–Crippen MR) is 95.3 cm³/mol. The summed E-state index contributed by atoms with van der Waals surface area (Å²) in [5, 5.41) is 11.7. The first-order valence-corrected chi connectivity index (χ1v) is 11.1. The number of benzene rings is 2. The summed E-state index contributed by atoms with van der Waals surface area (Å²) < 4.78 is 50.7. The van der Waals surface area contributed by atoms with Crippen molar-refractivity contribution >= 4 is 30.6 Å². The quantitative estimate of drug-likeness (QED) is 0.746.